The lowest BCUT2D eigenvalue weighted by Gasteiger charge is -2.22. The van der Waals surface area contributed by atoms with E-state index < -0.39 is 36.8 Å². The van der Waals surface area contributed by atoms with Gasteiger partial charge < -0.3 is 14.6 Å². The van der Waals surface area contributed by atoms with Gasteiger partial charge in [0, 0.05) is 22.7 Å². The van der Waals surface area contributed by atoms with Crippen LogP contribution in [-0.4, -0.2) is 57.2 Å². The van der Waals surface area contributed by atoms with Crippen LogP contribution < -0.4 is 0 Å². The fourth-order valence-electron chi connectivity index (χ4n) is 3.19. The average Bonchev–Trinajstić information content (AvgIpc) is 3.06. The number of carboxylic acids is 1. The molecule has 0 saturated carbocycles. The number of hydrogen-bond donors (Lipinski definition) is 1. The summed E-state index contributed by atoms with van der Waals surface area (Å²) in [6, 6.07) is 5.10. The lowest BCUT2D eigenvalue weighted by Crippen LogP contribution is -2.45. The molecule has 1 aliphatic heterocycles. The minimum absolute atomic E-state index is 0.181. The maximum atomic E-state index is 13.7. The predicted molar refractivity (Wildman–Crippen MR) is 84.9 cm³/mol. The number of nitrogens with zero attached hydrogens (tertiary/aromatic N) is 2. The van der Waals surface area contributed by atoms with E-state index in [2.05, 4.69) is 0 Å². The van der Waals surface area contributed by atoms with E-state index in [-0.39, 0.29) is 12.3 Å². The summed E-state index contributed by atoms with van der Waals surface area (Å²) in [4.78, 5) is 36.1. The van der Waals surface area contributed by atoms with E-state index in [9.17, 15) is 23.2 Å². The normalized spacial score (nSPS) is 23.2. The van der Waals surface area contributed by atoms with Crippen molar-refractivity contribution in [1.82, 2.24) is 9.47 Å². The van der Waals surface area contributed by atoms with Crippen molar-refractivity contribution in [2.75, 3.05) is 6.54 Å². The first-order valence-electron chi connectivity index (χ1n) is 7.70. The second-order valence-corrected chi connectivity index (χ2v) is 6.03. The van der Waals surface area contributed by atoms with Crippen molar-refractivity contribution in [3.8, 4) is 0 Å². The molecule has 0 radical (unpaired) electrons. The molecule has 2 heterocycles. The Kier molecular flexibility index (Phi) is 4.28. The second-order valence-electron chi connectivity index (χ2n) is 6.03. The topological polar surface area (TPSA) is 79.6 Å². The molecule has 0 spiro atoms. The lowest BCUT2D eigenvalue weighted by molar-refractivity contribution is -0.150. The van der Waals surface area contributed by atoms with Gasteiger partial charge in [-0.1, -0.05) is 18.2 Å². The summed E-state index contributed by atoms with van der Waals surface area (Å²) in [6.45, 7) is 0.489. The van der Waals surface area contributed by atoms with Crippen LogP contribution in [0.25, 0.3) is 10.9 Å². The summed E-state index contributed by atoms with van der Waals surface area (Å²) in [5, 5.41) is 9.74. The van der Waals surface area contributed by atoms with E-state index in [1.807, 2.05) is 0 Å². The number of halogens is 2. The number of carbonyl (C=O) groups is 3. The highest BCUT2D eigenvalue weighted by Crippen LogP contribution is 2.26. The van der Waals surface area contributed by atoms with Crippen molar-refractivity contribution in [2.45, 2.75) is 31.9 Å². The number of para-hydroxylation sites is 1. The Hall–Kier alpha value is -2.77. The monoisotopic (exact) mass is 350 g/mol. The SMILES string of the molecule is CC(=O)c1cn(CC(=O)N2C[C@H](F)[C@@H](F)[C@@H]2C(=O)O)c2ccccc12. The lowest BCUT2D eigenvalue weighted by atomic mass is 10.1. The number of rotatable bonds is 4. The Morgan fingerprint density at radius 1 is 1.24 bits per heavy atom. The van der Waals surface area contributed by atoms with Crippen LogP contribution in [0.3, 0.4) is 0 Å². The molecule has 1 aliphatic rings. The standard InChI is InChI=1S/C17H16F2N2O4/c1-9(22)11-6-20(13-5-3-2-4-10(11)13)8-14(23)21-7-12(18)15(19)16(21)17(24)25/h2-6,12,15-16H,7-8H2,1H3,(H,24,25)/t12-,15+,16+/m0/s1. The molecule has 1 fully saturated rings. The summed E-state index contributed by atoms with van der Waals surface area (Å²) < 4.78 is 28.8. The van der Waals surface area contributed by atoms with Crippen LogP contribution in [0.4, 0.5) is 8.78 Å². The van der Waals surface area contributed by atoms with E-state index in [0.29, 0.717) is 21.4 Å². The number of carboxylic acid groups (broad SMARTS) is 1. The van der Waals surface area contributed by atoms with Crippen LogP contribution in [0.1, 0.15) is 17.3 Å². The van der Waals surface area contributed by atoms with Gasteiger partial charge >= 0.3 is 5.97 Å². The van der Waals surface area contributed by atoms with E-state index in [1.54, 1.807) is 24.3 Å². The molecule has 3 rings (SSSR count). The third-order valence-corrected chi connectivity index (χ3v) is 4.40. The van der Waals surface area contributed by atoms with E-state index in [4.69, 9.17) is 5.11 Å². The largest absolute Gasteiger partial charge is 0.480 e. The first-order valence-corrected chi connectivity index (χ1v) is 7.70. The molecule has 0 bridgehead atoms. The van der Waals surface area contributed by atoms with Crippen LogP contribution in [-0.2, 0) is 16.1 Å². The molecule has 1 N–H and O–H groups in total. The smallest absolute Gasteiger partial charge is 0.329 e. The van der Waals surface area contributed by atoms with E-state index >= 15 is 0 Å². The Morgan fingerprint density at radius 2 is 1.92 bits per heavy atom. The van der Waals surface area contributed by atoms with Crippen molar-refractivity contribution in [2.24, 2.45) is 0 Å². The number of alkyl halides is 2. The number of ketones is 1. The third kappa shape index (κ3) is 2.88. The Bertz CT molecular complexity index is 863. The van der Waals surface area contributed by atoms with Crippen LogP contribution in [0, 0.1) is 0 Å². The van der Waals surface area contributed by atoms with E-state index in [1.165, 1.54) is 17.7 Å². The van der Waals surface area contributed by atoms with Crippen LogP contribution >= 0.6 is 0 Å². The number of amides is 1. The molecule has 2 aromatic rings. The first kappa shape index (κ1) is 17.1. The minimum atomic E-state index is -2.25. The molecule has 3 atom stereocenters. The van der Waals surface area contributed by atoms with Gasteiger partial charge in [0.25, 0.3) is 0 Å². The quantitative estimate of drug-likeness (QED) is 0.853. The third-order valence-electron chi connectivity index (χ3n) is 4.40. The predicted octanol–water partition coefficient (Wildman–Crippen LogP) is 1.82. The van der Waals surface area contributed by atoms with Gasteiger partial charge in [-0.05, 0) is 13.0 Å². The maximum Gasteiger partial charge on any atom is 0.329 e. The van der Waals surface area contributed by atoms with Gasteiger partial charge in [-0.3, -0.25) is 9.59 Å². The van der Waals surface area contributed by atoms with Crippen molar-refractivity contribution < 1.29 is 28.3 Å². The molecule has 1 saturated heterocycles. The zero-order valence-electron chi connectivity index (χ0n) is 13.4. The molecule has 8 heteroatoms. The van der Waals surface area contributed by atoms with Gasteiger partial charge in [-0.25, -0.2) is 13.6 Å². The van der Waals surface area contributed by atoms with Crippen molar-refractivity contribution in [1.29, 1.82) is 0 Å². The Labute approximate surface area is 141 Å². The number of aromatic nitrogens is 1. The number of hydrogen-bond acceptors (Lipinski definition) is 3. The molecular formula is C17H16F2N2O4. The molecule has 0 aliphatic carbocycles. The number of carbonyl (C=O) groups excluding carboxylic acids is 2. The Balaban J connectivity index is 1.92. The molecule has 1 aromatic heterocycles. The van der Waals surface area contributed by atoms with Gasteiger partial charge in [-0.15, -0.1) is 0 Å². The molecule has 0 unspecified atom stereocenters. The van der Waals surface area contributed by atoms with Crippen LogP contribution in [0.2, 0.25) is 0 Å². The highest BCUT2D eigenvalue weighted by molar-refractivity contribution is 6.07. The zero-order valence-corrected chi connectivity index (χ0v) is 13.4. The first-order chi connectivity index (χ1) is 11.8. The average molecular weight is 350 g/mol. The fourth-order valence-corrected chi connectivity index (χ4v) is 3.19. The molecule has 1 amide bonds. The van der Waals surface area contributed by atoms with Gasteiger partial charge in [0.1, 0.15) is 6.54 Å². The second kappa shape index (κ2) is 6.27. The minimum Gasteiger partial charge on any atom is -0.480 e. The number of likely N-dealkylation sites (tertiary alicyclic amines) is 1. The molecule has 6 nitrogen and oxygen atoms in total. The maximum absolute atomic E-state index is 13.7. The number of benzene rings is 1. The highest BCUT2D eigenvalue weighted by atomic mass is 19.2. The Morgan fingerprint density at radius 3 is 2.56 bits per heavy atom. The molecular weight excluding hydrogens is 334 g/mol. The van der Waals surface area contributed by atoms with Crippen molar-refractivity contribution in [3.63, 3.8) is 0 Å². The van der Waals surface area contributed by atoms with Crippen LogP contribution in [0.15, 0.2) is 30.5 Å². The zero-order chi connectivity index (χ0) is 18.3. The van der Waals surface area contributed by atoms with Gasteiger partial charge in [0.2, 0.25) is 5.91 Å². The fraction of sp³-hybridized carbons (Fsp3) is 0.353. The molecule has 132 valence electrons. The number of Topliss-reactive ketones (excluding diaryl/α,β-unsaturated/α-hetero) is 1. The van der Waals surface area contributed by atoms with Gasteiger partial charge in [0.15, 0.2) is 24.2 Å². The van der Waals surface area contributed by atoms with Gasteiger partial charge in [0.05, 0.1) is 6.54 Å². The summed E-state index contributed by atoms with van der Waals surface area (Å²) in [5.41, 5.74) is 1.03. The highest BCUT2D eigenvalue weighted by Gasteiger charge is 2.49. The molecule has 1 aromatic carbocycles. The van der Waals surface area contributed by atoms with Crippen LogP contribution in [0.5, 0.6) is 0 Å². The summed E-state index contributed by atoms with van der Waals surface area (Å²) in [6.07, 6.45) is -2.79. The van der Waals surface area contributed by atoms with Gasteiger partial charge in [-0.2, -0.15) is 0 Å². The summed E-state index contributed by atoms with van der Waals surface area (Å²) in [7, 11) is 0. The summed E-state index contributed by atoms with van der Waals surface area (Å²) in [5.74, 6) is -2.48. The number of aliphatic carboxylic acids is 1. The van der Waals surface area contributed by atoms with Crippen molar-refractivity contribution >= 4 is 28.6 Å². The number of fused-ring (bicyclic) bond motifs is 1. The van der Waals surface area contributed by atoms with E-state index in [0.717, 1.165) is 0 Å². The van der Waals surface area contributed by atoms with Crippen molar-refractivity contribution in [3.05, 3.63) is 36.0 Å². The molecule has 25 heavy (non-hydrogen) atoms. The summed E-state index contributed by atoms with van der Waals surface area (Å²) >= 11 is 0.